The fourth-order valence-electron chi connectivity index (χ4n) is 1.95. The fourth-order valence-corrected chi connectivity index (χ4v) is 1.95. The number of carbonyl (C=O) groups is 1. The Morgan fingerprint density at radius 1 is 1.61 bits per heavy atom. The summed E-state index contributed by atoms with van der Waals surface area (Å²) in [7, 11) is 0. The maximum atomic E-state index is 11.0. The molecule has 0 radical (unpaired) electrons. The van der Waals surface area contributed by atoms with Crippen LogP contribution in [-0.2, 0) is 4.74 Å². The van der Waals surface area contributed by atoms with E-state index in [1.54, 1.807) is 6.92 Å². The first-order valence-electron chi connectivity index (χ1n) is 6.05. The number of morpholine rings is 1. The normalized spacial score (nSPS) is 19.9. The molecule has 1 fully saturated rings. The molecule has 2 heterocycles. The zero-order valence-electron chi connectivity index (χ0n) is 10.6. The molecule has 0 aromatic carbocycles. The van der Waals surface area contributed by atoms with Crippen molar-refractivity contribution in [2.75, 3.05) is 24.6 Å². The van der Waals surface area contributed by atoms with E-state index in [-0.39, 0.29) is 11.8 Å². The smallest absolute Gasteiger partial charge is 0.354 e. The standard InChI is InChI=1S/C12H17N3O3/c1-3-9-7-15(4-5-18-9)12-13-8(2)6-10(14-12)11(16)17/h6,9H,3-5,7H2,1-2H3,(H,16,17). The highest BCUT2D eigenvalue weighted by Gasteiger charge is 2.22. The Bertz CT molecular complexity index is 450. The second-order valence-electron chi connectivity index (χ2n) is 4.35. The molecular formula is C12H17N3O3. The van der Waals surface area contributed by atoms with Gasteiger partial charge in [0.1, 0.15) is 0 Å². The molecule has 1 atom stereocenters. The van der Waals surface area contributed by atoms with Gasteiger partial charge in [-0.05, 0) is 19.4 Å². The Balaban J connectivity index is 2.24. The largest absolute Gasteiger partial charge is 0.477 e. The third-order valence-corrected chi connectivity index (χ3v) is 2.94. The lowest BCUT2D eigenvalue weighted by Gasteiger charge is -2.32. The number of nitrogens with zero attached hydrogens (tertiary/aromatic N) is 3. The van der Waals surface area contributed by atoms with Crippen LogP contribution in [0.25, 0.3) is 0 Å². The molecule has 0 bridgehead atoms. The molecule has 1 aromatic heterocycles. The van der Waals surface area contributed by atoms with Gasteiger partial charge in [-0.1, -0.05) is 6.92 Å². The lowest BCUT2D eigenvalue weighted by Crippen LogP contribution is -2.43. The van der Waals surface area contributed by atoms with E-state index in [0.29, 0.717) is 31.3 Å². The maximum Gasteiger partial charge on any atom is 0.354 e. The number of aryl methyl sites for hydroxylation is 1. The van der Waals surface area contributed by atoms with Crippen LogP contribution in [0.3, 0.4) is 0 Å². The van der Waals surface area contributed by atoms with Gasteiger partial charge in [0.15, 0.2) is 5.69 Å². The predicted molar refractivity (Wildman–Crippen MR) is 66.0 cm³/mol. The molecule has 1 aliphatic rings. The average molecular weight is 251 g/mol. The van der Waals surface area contributed by atoms with E-state index in [1.165, 1.54) is 6.07 Å². The summed E-state index contributed by atoms with van der Waals surface area (Å²) >= 11 is 0. The van der Waals surface area contributed by atoms with Crippen LogP contribution in [-0.4, -0.2) is 46.8 Å². The Morgan fingerprint density at radius 3 is 3.06 bits per heavy atom. The monoisotopic (exact) mass is 251 g/mol. The third kappa shape index (κ3) is 2.76. The summed E-state index contributed by atoms with van der Waals surface area (Å²) in [6, 6.07) is 1.48. The minimum Gasteiger partial charge on any atom is -0.477 e. The zero-order chi connectivity index (χ0) is 13.1. The van der Waals surface area contributed by atoms with E-state index in [4.69, 9.17) is 9.84 Å². The summed E-state index contributed by atoms with van der Waals surface area (Å²) < 4.78 is 5.57. The van der Waals surface area contributed by atoms with Gasteiger partial charge in [0.25, 0.3) is 0 Å². The molecule has 0 spiro atoms. The van der Waals surface area contributed by atoms with Crippen LogP contribution in [0.15, 0.2) is 6.07 Å². The summed E-state index contributed by atoms with van der Waals surface area (Å²) in [5.41, 5.74) is 0.703. The average Bonchev–Trinajstić information content (AvgIpc) is 2.38. The van der Waals surface area contributed by atoms with E-state index in [1.807, 2.05) is 4.90 Å². The van der Waals surface area contributed by atoms with Crippen LogP contribution in [0.4, 0.5) is 5.95 Å². The van der Waals surface area contributed by atoms with Gasteiger partial charge in [0.2, 0.25) is 5.95 Å². The van der Waals surface area contributed by atoms with Crippen molar-refractivity contribution in [3.63, 3.8) is 0 Å². The van der Waals surface area contributed by atoms with Crippen molar-refractivity contribution in [3.8, 4) is 0 Å². The van der Waals surface area contributed by atoms with Gasteiger partial charge in [-0.25, -0.2) is 14.8 Å². The number of hydrogen-bond donors (Lipinski definition) is 1. The first kappa shape index (κ1) is 12.8. The highest BCUT2D eigenvalue weighted by Crippen LogP contribution is 2.16. The quantitative estimate of drug-likeness (QED) is 0.867. The molecule has 18 heavy (non-hydrogen) atoms. The van der Waals surface area contributed by atoms with E-state index < -0.39 is 5.97 Å². The van der Waals surface area contributed by atoms with Gasteiger partial charge < -0.3 is 14.7 Å². The Kier molecular flexibility index (Phi) is 3.76. The van der Waals surface area contributed by atoms with Crippen LogP contribution < -0.4 is 4.90 Å². The van der Waals surface area contributed by atoms with Gasteiger partial charge >= 0.3 is 5.97 Å². The van der Waals surface area contributed by atoms with Crippen LogP contribution in [0, 0.1) is 6.92 Å². The molecule has 1 unspecified atom stereocenters. The van der Waals surface area contributed by atoms with E-state index in [0.717, 1.165) is 6.42 Å². The molecule has 1 saturated heterocycles. The van der Waals surface area contributed by atoms with Crippen LogP contribution in [0.5, 0.6) is 0 Å². The van der Waals surface area contributed by atoms with Crippen molar-refractivity contribution in [3.05, 3.63) is 17.5 Å². The van der Waals surface area contributed by atoms with Crippen molar-refractivity contribution in [2.45, 2.75) is 26.4 Å². The number of aromatic carboxylic acids is 1. The number of aromatic nitrogens is 2. The minimum absolute atomic E-state index is 0.0389. The Hall–Kier alpha value is -1.69. The van der Waals surface area contributed by atoms with E-state index >= 15 is 0 Å². The van der Waals surface area contributed by atoms with Crippen molar-refractivity contribution in [2.24, 2.45) is 0 Å². The third-order valence-electron chi connectivity index (χ3n) is 2.94. The van der Waals surface area contributed by atoms with Gasteiger partial charge in [0.05, 0.1) is 12.7 Å². The van der Waals surface area contributed by atoms with Gasteiger partial charge in [-0.15, -0.1) is 0 Å². The summed E-state index contributed by atoms with van der Waals surface area (Å²) in [4.78, 5) is 21.3. The van der Waals surface area contributed by atoms with Gasteiger partial charge in [-0.3, -0.25) is 0 Å². The van der Waals surface area contributed by atoms with Crippen molar-refractivity contribution >= 4 is 11.9 Å². The van der Waals surface area contributed by atoms with Crippen molar-refractivity contribution in [1.82, 2.24) is 9.97 Å². The first-order valence-corrected chi connectivity index (χ1v) is 6.05. The number of rotatable bonds is 3. The highest BCUT2D eigenvalue weighted by atomic mass is 16.5. The van der Waals surface area contributed by atoms with Crippen molar-refractivity contribution < 1.29 is 14.6 Å². The molecule has 98 valence electrons. The minimum atomic E-state index is -1.03. The molecule has 6 heteroatoms. The molecule has 6 nitrogen and oxygen atoms in total. The summed E-state index contributed by atoms with van der Waals surface area (Å²) in [5, 5.41) is 9.00. The van der Waals surface area contributed by atoms with Crippen molar-refractivity contribution in [1.29, 1.82) is 0 Å². The van der Waals surface area contributed by atoms with Gasteiger partial charge in [0, 0.05) is 18.8 Å². The summed E-state index contributed by atoms with van der Waals surface area (Å²) in [5.74, 6) is -0.545. The first-order chi connectivity index (χ1) is 8.60. The lowest BCUT2D eigenvalue weighted by molar-refractivity contribution is 0.0378. The SMILES string of the molecule is CCC1CN(c2nc(C)cc(C(=O)O)n2)CCO1. The second-order valence-corrected chi connectivity index (χ2v) is 4.35. The Morgan fingerprint density at radius 2 is 2.39 bits per heavy atom. The molecular weight excluding hydrogens is 234 g/mol. The lowest BCUT2D eigenvalue weighted by atomic mass is 10.2. The van der Waals surface area contributed by atoms with Crippen LogP contribution in [0.2, 0.25) is 0 Å². The maximum absolute atomic E-state index is 11.0. The molecule has 1 aromatic rings. The molecule has 2 rings (SSSR count). The number of carboxylic acids is 1. The molecule has 1 aliphatic heterocycles. The topological polar surface area (TPSA) is 75.6 Å². The number of carboxylic acid groups (broad SMARTS) is 1. The zero-order valence-corrected chi connectivity index (χ0v) is 10.6. The molecule has 0 amide bonds. The summed E-state index contributed by atoms with van der Waals surface area (Å²) in [6.07, 6.45) is 1.09. The van der Waals surface area contributed by atoms with Gasteiger partial charge in [-0.2, -0.15) is 0 Å². The molecule has 1 N–H and O–H groups in total. The predicted octanol–water partition coefficient (Wildman–Crippen LogP) is 1.10. The number of hydrogen-bond acceptors (Lipinski definition) is 5. The summed E-state index contributed by atoms with van der Waals surface area (Å²) in [6.45, 7) is 5.86. The van der Waals surface area contributed by atoms with Crippen LogP contribution in [0.1, 0.15) is 29.5 Å². The Labute approximate surface area is 106 Å². The van der Waals surface area contributed by atoms with Crippen LogP contribution >= 0.6 is 0 Å². The number of ether oxygens (including phenoxy) is 1. The molecule has 0 aliphatic carbocycles. The highest BCUT2D eigenvalue weighted by molar-refractivity contribution is 5.85. The number of anilines is 1. The fraction of sp³-hybridized carbons (Fsp3) is 0.583. The second kappa shape index (κ2) is 5.30. The molecule has 0 saturated carbocycles. The van der Waals surface area contributed by atoms with E-state index in [2.05, 4.69) is 16.9 Å². The van der Waals surface area contributed by atoms with E-state index in [9.17, 15) is 4.79 Å².